The summed E-state index contributed by atoms with van der Waals surface area (Å²) in [6.07, 6.45) is 6.68. The lowest BCUT2D eigenvalue weighted by molar-refractivity contribution is 0.0969. The first-order chi connectivity index (χ1) is 11.0. The number of benzene rings is 1. The van der Waals surface area contributed by atoms with E-state index in [0.29, 0.717) is 21.3 Å². The fourth-order valence-corrected chi connectivity index (χ4v) is 2.03. The molecule has 5 nitrogen and oxygen atoms in total. The van der Waals surface area contributed by atoms with E-state index in [4.69, 9.17) is 5.73 Å². The topological polar surface area (TPSA) is 80.0 Å². The number of anilines is 2. The average Bonchev–Trinajstić information content (AvgIpc) is 2.54. The molecule has 0 atom stereocenters. The molecule has 0 aliphatic carbocycles. The van der Waals surface area contributed by atoms with Crippen molar-refractivity contribution in [2.45, 2.75) is 0 Å². The van der Waals surface area contributed by atoms with Gasteiger partial charge in [-0.3, -0.25) is 9.78 Å². The minimum Gasteiger partial charge on any atom is -0.399 e. The van der Waals surface area contributed by atoms with Crippen LogP contribution < -0.4 is 16.4 Å². The van der Waals surface area contributed by atoms with Crippen molar-refractivity contribution in [3.8, 4) is 0 Å². The summed E-state index contributed by atoms with van der Waals surface area (Å²) < 4.78 is 0. The largest absolute Gasteiger partial charge is 0.399 e. The van der Waals surface area contributed by atoms with Crippen LogP contribution in [0.15, 0.2) is 71.0 Å². The van der Waals surface area contributed by atoms with E-state index >= 15 is 0 Å². The van der Waals surface area contributed by atoms with E-state index in [0.717, 1.165) is 5.69 Å². The summed E-state index contributed by atoms with van der Waals surface area (Å²) in [5, 5.41) is 6.73. The summed E-state index contributed by atoms with van der Waals surface area (Å²) in [6, 6.07) is 10.3. The van der Waals surface area contributed by atoms with E-state index in [2.05, 4.69) is 40.9 Å². The summed E-state index contributed by atoms with van der Waals surface area (Å²) >= 11 is 8.54. The second-order valence-corrected chi connectivity index (χ2v) is 5.50. The molecule has 0 bridgehead atoms. The maximum atomic E-state index is 12.0. The number of rotatable bonds is 5. The number of nitrogen functional groups attached to an aromatic ring is 1. The van der Waals surface area contributed by atoms with Gasteiger partial charge in [-0.05, 0) is 48.6 Å². The molecule has 1 heterocycles. The third-order valence-corrected chi connectivity index (χ3v) is 3.29. The minimum atomic E-state index is -0.262. The van der Waals surface area contributed by atoms with Gasteiger partial charge in [0, 0.05) is 29.3 Å². The zero-order valence-electron chi connectivity index (χ0n) is 12.1. The molecular formula is C16H16N4OS2. The molecule has 0 saturated carbocycles. The van der Waals surface area contributed by atoms with Crippen molar-refractivity contribution in [3.63, 3.8) is 0 Å². The molecule has 2 aromatic rings. The molecule has 1 aromatic carbocycles. The Kier molecular flexibility index (Phi) is 6.13. The van der Waals surface area contributed by atoms with Crippen LogP contribution in [0.1, 0.15) is 10.4 Å². The molecule has 0 spiro atoms. The van der Waals surface area contributed by atoms with Crippen LogP contribution in [-0.2, 0) is 0 Å². The molecule has 0 fully saturated rings. The fourth-order valence-electron chi connectivity index (χ4n) is 1.65. The highest BCUT2D eigenvalue weighted by atomic mass is 32.1. The number of carbonyl (C=O) groups is 1. The first kappa shape index (κ1) is 17.0. The Hall–Kier alpha value is -2.38. The van der Waals surface area contributed by atoms with Crippen molar-refractivity contribution in [1.82, 2.24) is 10.3 Å². The van der Waals surface area contributed by atoms with E-state index in [1.165, 1.54) is 0 Å². The van der Waals surface area contributed by atoms with Gasteiger partial charge in [-0.2, -0.15) is 0 Å². The van der Waals surface area contributed by atoms with Gasteiger partial charge < -0.3 is 16.4 Å². The van der Waals surface area contributed by atoms with Crippen molar-refractivity contribution >= 4 is 42.5 Å². The first-order valence-electron chi connectivity index (χ1n) is 6.68. The molecule has 1 aromatic heterocycles. The van der Waals surface area contributed by atoms with Crippen LogP contribution in [-0.4, -0.2) is 10.9 Å². The van der Waals surface area contributed by atoms with Gasteiger partial charge in [0.2, 0.25) is 0 Å². The van der Waals surface area contributed by atoms with Crippen molar-refractivity contribution in [2.24, 2.45) is 0 Å². The van der Waals surface area contributed by atoms with Gasteiger partial charge in [-0.25, -0.2) is 0 Å². The number of hydrogen-bond acceptors (Lipinski definition) is 6. The Bertz CT molecular complexity index is 728. The number of thiol groups is 2. The number of nitrogens with one attached hydrogen (secondary N) is 2. The Balaban J connectivity index is 1.95. The van der Waals surface area contributed by atoms with Crippen molar-refractivity contribution < 1.29 is 4.79 Å². The first-order valence-corrected chi connectivity index (χ1v) is 7.58. The predicted octanol–water partition coefficient (Wildman–Crippen LogP) is 3.05. The second kappa shape index (κ2) is 8.30. The number of pyridine rings is 1. The van der Waals surface area contributed by atoms with E-state index in [-0.39, 0.29) is 5.91 Å². The van der Waals surface area contributed by atoms with Crippen LogP contribution in [0.5, 0.6) is 0 Å². The lowest BCUT2D eigenvalue weighted by Crippen LogP contribution is -2.20. The Morgan fingerprint density at radius 1 is 1.00 bits per heavy atom. The lowest BCUT2D eigenvalue weighted by Gasteiger charge is -2.06. The van der Waals surface area contributed by atoms with Crippen molar-refractivity contribution in [2.75, 3.05) is 11.1 Å². The van der Waals surface area contributed by atoms with E-state index < -0.39 is 0 Å². The molecule has 23 heavy (non-hydrogen) atoms. The monoisotopic (exact) mass is 344 g/mol. The summed E-state index contributed by atoms with van der Waals surface area (Å²) in [5.41, 5.74) is 7.56. The van der Waals surface area contributed by atoms with Gasteiger partial charge in [0.1, 0.15) is 0 Å². The van der Waals surface area contributed by atoms with Gasteiger partial charge in [0.15, 0.2) is 0 Å². The number of allylic oxidation sites excluding steroid dienone is 2. The summed E-state index contributed by atoms with van der Waals surface area (Å²) in [5.74, 6) is -0.262. The molecule has 0 saturated heterocycles. The molecule has 0 radical (unpaired) electrons. The summed E-state index contributed by atoms with van der Waals surface area (Å²) in [7, 11) is 0. The highest BCUT2D eigenvalue weighted by molar-refractivity contribution is 7.84. The van der Waals surface area contributed by atoms with Crippen LogP contribution in [0.25, 0.3) is 0 Å². The number of hydrogen-bond donors (Lipinski definition) is 5. The van der Waals surface area contributed by atoms with Gasteiger partial charge in [0.05, 0.1) is 10.1 Å². The molecule has 4 N–H and O–H groups in total. The van der Waals surface area contributed by atoms with Crippen LogP contribution in [0, 0.1) is 0 Å². The summed E-state index contributed by atoms with van der Waals surface area (Å²) in [4.78, 5) is 15.9. The highest BCUT2D eigenvalue weighted by Gasteiger charge is 2.05. The van der Waals surface area contributed by atoms with E-state index in [1.807, 2.05) is 12.1 Å². The zero-order valence-corrected chi connectivity index (χ0v) is 13.9. The van der Waals surface area contributed by atoms with Crippen molar-refractivity contribution in [3.05, 3.63) is 76.6 Å². The molecule has 7 heteroatoms. The molecular weight excluding hydrogens is 328 g/mol. The second-order valence-electron chi connectivity index (χ2n) is 4.54. The Morgan fingerprint density at radius 2 is 1.61 bits per heavy atom. The predicted molar refractivity (Wildman–Crippen MR) is 100 cm³/mol. The van der Waals surface area contributed by atoms with Gasteiger partial charge in [-0.15, -0.1) is 25.3 Å². The molecule has 0 aliphatic heterocycles. The SMILES string of the molecule is Nc1ccc(C(=O)N/C(S)=C/C=C(\S)Nc2ccncc2)cc1. The van der Waals surface area contributed by atoms with Gasteiger partial charge in [0.25, 0.3) is 5.91 Å². The molecule has 2 rings (SSSR count). The van der Waals surface area contributed by atoms with Crippen molar-refractivity contribution in [1.29, 1.82) is 0 Å². The highest BCUT2D eigenvalue weighted by Crippen LogP contribution is 2.11. The van der Waals surface area contributed by atoms with E-state index in [9.17, 15) is 4.79 Å². The number of aromatic nitrogens is 1. The van der Waals surface area contributed by atoms with Crippen LogP contribution in [0.3, 0.4) is 0 Å². The van der Waals surface area contributed by atoms with Crippen LogP contribution in [0.4, 0.5) is 11.4 Å². The molecule has 0 unspecified atom stereocenters. The number of nitrogens with two attached hydrogens (primary N) is 1. The molecule has 0 aliphatic rings. The smallest absolute Gasteiger partial charge is 0.256 e. The van der Waals surface area contributed by atoms with Gasteiger partial charge >= 0.3 is 0 Å². The van der Waals surface area contributed by atoms with Crippen LogP contribution >= 0.6 is 25.3 Å². The number of carbonyl (C=O) groups excluding carboxylic acids is 1. The minimum absolute atomic E-state index is 0.262. The lowest BCUT2D eigenvalue weighted by atomic mass is 10.2. The maximum absolute atomic E-state index is 12.0. The Morgan fingerprint density at radius 3 is 2.26 bits per heavy atom. The zero-order chi connectivity index (χ0) is 16.7. The third kappa shape index (κ3) is 5.72. The summed E-state index contributed by atoms with van der Waals surface area (Å²) in [6.45, 7) is 0. The van der Waals surface area contributed by atoms with Gasteiger partial charge in [-0.1, -0.05) is 0 Å². The quantitative estimate of drug-likeness (QED) is 0.328. The van der Waals surface area contributed by atoms with Crippen LogP contribution in [0.2, 0.25) is 0 Å². The van der Waals surface area contributed by atoms with E-state index in [1.54, 1.807) is 48.8 Å². The average molecular weight is 344 g/mol. The molecule has 1 amide bonds. The maximum Gasteiger partial charge on any atom is 0.256 e. The number of amides is 1. The third-order valence-electron chi connectivity index (χ3n) is 2.77. The standard InChI is InChI=1S/C16H16N4OS2/c17-12-3-1-11(2-4-12)16(21)20-15(23)6-5-14(22)19-13-7-9-18-10-8-13/h1-10,22-23H,17H2,(H,18,19)(H,20,21)/b14-5-,15-6-. The fraction of sp³-hybridized carbons (Fsp3) is 0. The molecule has 118 valence electrons. The Labute approximate surface area is 145 Å². The number of nitrogens with zero attached hydrogens (tertiary/aromatic N) is 1. The normalized spacial score (nSPS) is 11.9.